The molecule has 1 aromatic rings. The summed E-state index contributed by atoms with van der Waals surface area (Å²) < 4.78 is 0. The lowest BCUT2D eigenvalue weighted by molar-refractivity contribution is 0.169. The number of alkyl halides is 1. The molecule has 0 radical (unpaired) electrons. The fraction of sp³-hybridized carbons (Fsp3) is 0.812. The number of rotatable bonds is 6. The normalized spacial score (nSPS) is 27.6. The van der Waals surface area contributed by atoms with Crippen LogP contribution in [0.1, 0.15) is 61.8 Å². The largest absolute Gasteiger partial charge is 0.250 e. The van der Waals surface area contributed by atoms with Crippen LogP contribution in [0.15, 0.2) is 6.20 Å². The van der Waals surface area contributed by atoms with Crippen LogP contribution in [0.3, 0.4) is 0 Å². The van der Waals surface area contributed by atoms with Crippen LogP contribution in [-0.4, -0.2) is 10.3 Å². The van der Waals surface area contributed by atoms with Gasteiger partial charge in [0.2, 0.25) is 0 Å². The summed E-state index contributed by atoms with van der Waals surface area (Å²) in [7, 11) is 0. The van der Waals surface area contributed by atoms with Crippen LogP contribution >= 0.6 is 27.3 Å². The Morgan fingerprint density at radius 2 is 2.16 bits per heavy atom. The summed E-state index contributed by atoms with van der Waals surface area (Å²) in [6.07, 6.45) is 13.2. The molecule has 0 atom stereocenters. The van der Waals surface area contributed by atoms with Gasteiger partial charge in [-0.3, -0.25) is 0 Å². The lowest BCUT2D eigenvalue weighted by atomic mass is 9.69. The number of unbranched alkanes of at least 4 members (excludes halogenated alkanes) is 1. The monoisotopic (exact) mass is 343 g/mol. The highest BCUT2D eigenvalue weighted by atomic mass is 79.9. The van der Waals surface area contributed by atoms with Gasteiger partial charge >= 0.3 is 0 Å². The van der Waals surface area contributed by atoms with Gasteiger partial charge in [-0.2, -0.15) is 0 Å². The summed E-state index contributed by atoms with van der Waals surface area (Å²) in [5.41, 5.74) is 0.502. The quantitative estimate of drug-likeness (QED) is 0.598. The molecule has 108 valence electrons. The Kier molecular flexibility index (Phi) is 5.88. The molecule has 0 saturated heterocycles. The number of aryl methyl sites for hydroxylation is 1. The molecule has 0 amide bonds. The second-order valence-electron chi connectivity index (χ2n) is 6.24. The summed E-state index contributed by atoms with van der Waals surface area (Å²) >= 11 is 5.67. The Morgan fingerprint density at radius 3 is 2.68 bits per heavy atom. The van der Waals surface area contributed by atoms with Crippen LogP contribution < -0.4 is 0 Å². The van der Waals surface area contributed by atoms with Gasteiger partial charge in [-0.15, -0.1) is 11.3 Å². The predicted octanol–water partition coefficient (Wildman–Crippen LogP) is 5.76. The fourth-order valence-electron chi connectivity index (χ4n) is 3.29. The molecule has 1 heterocycles. The van der Waals surface area contributed by atoms with Gasteiger partial charge in [-0.25, -0.2) is 4.98 Å². The van der Waals surface area contributed by atoms with Gasteiger partial charge in [0.15, 0.2) is 0 Å². The molecule has 2 rings (SSSR count). The van der Waals surface area contributed by atoms with Crippen molar-refractivity contribution in [2.75, 3.05) is 5.33 Å². The molecular weight excluding hydrogens is 318 g/mol. The van der Waals surface area contributed by atoms with Crippen LogP contribution in [-0.2, 0) is 6.42 Å². The Hall–Kier alpha value is 0.110. The molecule has 1 aliphatic rings. The second kappa shape index (κ2) is 7.21. The number of halogens is 1. The zero-order valence-corrected chi connectivity index (χ0v) is 14.7. The van der Waals surface area contributed by atoms with Crippen LogP contribution in [0.25, 0.3) is 0 Å². The SMILES string of the molecule is CCCCC1CCC(CBr)(Cc2cnc(C)s2)CC1. The zero-order valence-electron chi connectivity index (χ0n) is 12.3. The molecule has 1 fully saturated rings. The maximum Gasteiger partial charge on any atom is 0.0896 e. The standard InChI is InChI=1S/C16H26BrNS/c1-3-4-5-14-6-8-16(12-17,9-7-14)10-15-11-18-13(2)19-15/h11,14H,3-10,12H2,1-2H3. The molecule has 0 spiro atoms. The third-order valence-electron chi connectivity index (χ3n) is 4.63. The third-order valence-corrected chi connectivity index (χ3v) is 6.74. The van der Waals surface area contributed by atoms with Crippen molar-refractivity contribution in [3.05, 3.63) is 16.1 Å². The maximum atomic E-state index is 4.41. The maximum absolute atomic E-state index is 4.41. The van der Waals surface area contributed by atoms with Crippen molar-refractivity contribution in [3.63, 3.8) is 0 Å². The van der Waals surface area contributed by atoms with Crippen molar-refractivity contribution in [1.82, 2.24) is 4.98 Å². The zero-order chi connectivity index (χ0) is 13.7. The van der Waals surface area contributed by atoms with E-state index in [0.29, 0.717) is 5.41 Å². The number of hydrogen-bond donors (Lipinski definition) is 0. The van der Waals surface area contributed by atoms with E-state index in [1.807, 2.05) is 11.3 Å². The van der Waals surface area contributed by atoms with Crippen molar-refractivity contribution < 1.29 is 0 Å². The minimum absolute atomic E-state index is 0.502. The first-order chi connectivity index (χ1) is 9.17. The van der Waals surface area contributed by atoms with E-state index in [1.165, 1.54) is 61.3 Å². The molecule has 0 N–H and O–H groups in total. The average Bonchev–Trinajstić information content (AvgIpc) is 2.83. The first kappa shape index (κ1) is 15.5. The first-order valence-electron chi connectivity index (χ1n) is 7.65. The van der Waals surface area contributed by atoms with E-state index >= 15 is 0 Å². The van der Waals surface area contributed by atoms with Crippen LogP contribution in [0, 0.1) is 18.3 Å². The number of hydrogen-bond acceptors (Lipinski definition) is 2. The minimum Gasteiger partial charge on any atom is -0.250 e. The molecule has 0 aliphatic heterocycles. The van der Waals surface area contributed by atoms with Crippen molar-refractivity contribution >= 4 is 27.3 Å². The van der Waals surface area contributed by atoms with Gasteiger partial charge in [0.05, 0.1) is 5.01 Å². The molecule has 1 nitrogen and oxygen atoms in total. The smallest absolute Gasteiger partial charge is 0.0896 e. The Balaban J connectivity index is 1.90. The van der Waals surface area contributed by atoms with E-state index in [1.54, 1.807) is 0 Å². The fourth-order valence-corrected chi connectivity index (χ4v) is 5.01. The Morgan fingerprint density at radius 1 is 1.42 bits per heavy atom. The molecule has 1 saturated carbocycles. The second-order valence-corrected chi connectivity index (χ2v) is 8.12. The minimum atomic E-state index is 0.502. The molecule has 19 heavy (non-hydrogen) atoms. The van der Waals surface area contributed by atoms with E-state index in [-0.39, 0.29) is 0 Å². The van der Waals surface area contributed by atoms with E-state index in [9.17, 15) is 0 Å². The summed E-state index contributed by atoms with van der Waals surface area (Å²) in [6.45, 7) is 4.41. The van der Waals surface area contributed by atoms with Crippen LogP contribution in [0.4, 0.5) is 0 Å². The summed E-state index contributed by atoms with van der Waals surface area (Å²) in [5, 5.41) is 2.36. The van der Waals surface area contributed by atoms with Crippen LogP contribution in [0.5, 0.6) is 0 Å². The van der Waals surface area contributed by atoms with Gasteiger partial charge in [0.1, 0.15) is 0 Å². The highest BCUT2D eigenvalue weighted by Crippen LogP contribution is 2.44. The number of nitrogens with zero attached hydrogens (tertiary/aromatic N) is 1. The van der Waals surface area contributed by atoms with E-state index in [0.717, 1.165) is 11.2 Å². The number of thiazole rings is 1. The Labute approximate surface area is 130 Å². The topological polar surface area (TPSA) is 12.9 Å². The van der Waals surface area contributed by atoms with Gasteiger partial charge in [0.25, 0.3) is 0 Å². The highest BCUT2D eigenvalue weighted by Gasteiger charge is 2.34. The van der Waals surface area contributed by atoms with E-state index in [4.69, 9.17) is 0 Å². The number of aromatic nitrogens is 1. The molecule has 1 aliphatic carbocycles. The summed E-state index contributed by atoms with van der Waals surface area (Å²) in [4.78, 5) is 5.88. The van der Waals surface area contributed by atoms with Crippen molar-refractivity contribution in [3.8, 4) is 0 Å². The molecule has 3 heteroatoms. The van der Waals surface area contributed by atoms with Gasteiger partial charge in [-0.05, 0) is 50.4 Å². The van der Waals surface area contributed by atoms with Crippen molar-refractivity contribution in [1.29, 1.82) is 0 Å². The Bertz CT molecular complexity index is 380. The molecule has 0 unspecified atom stereocenters. The average molecular weight is 344 g/mol. The van der Waals surface area contributed by atoms with Crippen LogP contribution in [0.2, 0.25) is 0 Å². The van der Waals surface area contributed by atoms with Crippen molar-refractivity contribution in [2.45, 2.75) is 65.2 Å². The summed E-state index contributed by atoms with van der Waals surface area (Å²) in [5.74, 6) is 0.996. The lowest BCUT2D eigenvalue weighted by Crippen LogP contribution is -2.31. The van der Waals surface area contributed by atoms with Gasteiger partial charge < -0.3 is 0 Å². The highest BCUT2D eigenvalue weighted by molar-refractivity contribution is 9.09. The van der Waals surface area contributed by atoms with Crippen molar-refractivity contribution in [2.24, 2.45) is 11.3 Å². The van der Waals surface area contributed by atoms with E-state index in [2.05, 4.69) is 41.0 Å². The first-order valence-corrected chi connectivity index (χ1v) is 9.58. The predicted molar refractivity (Wildman–Crippen MR) is 88.3 cm³/mol. The summed E-state index contributed by atoms with van der Waals surface area (Å²) in [6, 6.07) is 0. The molecule has 0 aromatic carbocycles. The van der Waals surface area contributed by atoms with Gasteiger partial charge in [-0.1, -0.05) is 42.1 Å². The third kappa shape index (κ3) is 4.29. The molecule has 1 aromatic heterocycles. The molecular formula is C16H26BrNS. The van der Waals surface area contributed by atoms with E-state index < -0.39 is 0 Å². The van der Waals surface area contributed by atoms with Gasteiger partial charge in [0, 0.05) is 16.4 Å². The lowest BCUT2D eigenvalue weighted by Gasteiger charge is -2.39. The molecule has 0 bridgehead atoms.